The number of carbonyl (C=O) groups is 1. The number of rotatable bonds is 5. The van der Waals surface area contributed by atoms with Crippen molar-refractivity contribution in [2.75, 3.05) is 23.4 Å². The first-order valence-electron chi connectivity index (χ1n) is 7.17. The van der Waals surface area contributed by atoms with E-state index in [9.17, 15) is 13.2 Å². The highest BCUT2D eigenvalue weighted by Gasteiger charge is 2.08. The van der Waals surface area contributed by atoms with Crippen molar-refractivity contribution in [2.24, 2.45) is 0 Å². The summed E-state index contributed by atoms with van der Waals surface area (Å²) in [5.74, 6) is -0.196. The second-order valence-electron chi connectivity index (χ2n) is 5.50. The second-order valence-corrected chi connectivity index (χ2v) is 7.52. The Morgan fingerprint density at radius 2 is 1.74 bits per heavy atom. The third kappa shape index (κ3) is 4.82. The molecule has 0 radical (unpaired) electrons. The SMILES string of the molecule is Cc1ccc(NC(=O)CNc2cccc(S(C)(=O)=O)c2)cc1C. The number of benzene rings is 2. The van der Waals surface area contributed by atoms with E-state index in [0.29, 0.717) is 5.69 Å². The number of hydrogen-bond donors (Lipinski definition) is 2. The normalized spacial score (nSPS) is 11.1. The molecule has 2 N–H and O–H groups in total. The lowest BCUT2D eigenvalue weighted by molar-refractivity contribution is -0.114. The molecule has 0 unspecified atom stereocenters. The van der Waals surface area contributed by atoms with E-state index < -0.39 is 9.84 Å². The van der Waals surface area contributed by atoms with Crippen molar-refractivity contribution in [1.82, 2.24) is 0 Å². The van der Waals surface area contributed by atoms with E-state index in [4.69, 9.17) is 0 Å². The third-order valence-electron chi connectivity index (χ3n) is 3.51. The fourth-order valence-corrected chi connectivity index (χ4v) is 2.71. The number of nitrogens with one attached hydrogen (secondary N) is 2. The molecule has 1 amide bonds. The Morgan fingerprint density at radius 3 is 2.39 bits per heavy atom. The Morgan fingerprint density at radius 1 is 1.00 bits per heavy atom. The quantitative estimate of drug-likeness (QED) is 0.883. The van der Waals surface area contributed by atoms with E-state index >= 15 is 0 Å². The first-order valence-corrected chi connectivity index (χ1v) is 9.06. The Labute approximate surface area is 136 Å². The van der Waals surface area contributed by atoms with Crippen molar-refractivity contribution in [3.05, 3.63) is 53.6 Å². The molecule has 0 aliphatic heterocycles. The summed E-state index contributed by atoms with van der Waals surface area (Å²) < 4.78 is 23.0. The van der Waals surface area contributed by atoms with Crippen molar-refractivity contribution in [3.63, 3.8) is 0 Å². The van der Waals surface area contributed by atoms with Gasteiger partial charge in [-0.05, 0) is 55.3 Å². The zero-order chi connectivity index (χ0) is 17.0. The highest BCUT2D eigenvalue weighted by atomic mass is 32.2. The molecule has 0 fully saturated rings. The van der Waals surface area contributed by atoms with Gasteiger partial charge in [0.25, 0.3) is 0 Å². The van der Waals surface area contributed by atoms with Gasteiger partial charge in [0, 0.05) is 17.6 Å². The summed E-state index contributed by atoms with van der Waals surface area (Å²) >= 11 is 0. The summed E-state index contributed by atoms with van der Waals surface area (Å²) in [5, 5.41) is 5.73. The number of aryl methyl sites for hydroxylation is 2. The molecule has 5 nitrogen and oxygen atoms in total. The summed E-state index contributed by atoms with van der Waals surface area (Å²) in [6, 6.07) is 12.1. The minimum absolute atomic E-state index is 0.0557. The van der Waals surface area contributed by atoms with Gasteiger partial charge in [-0.1, -0.05) is 12.1 Å². The van der Waals surface area contributed by atoms with Crippen molar-refractivity contribution >= 4 is 27.1 Å². The van der Waals surface area contributed by atoms with Crippen LogP contribution in [-0.2, 0) is 14.6 Å². The van der Waals surface area contributed by atoms with Crippen LogP contribution in [0.2, 0.25) is 0 Å². The molecule has 0 saturated carbocycles. The number of amides is 1. The van der Waals surface area contributed by atoms with E-state index in [-0.39, 0.29) is 17.3 Å². The van der Waals surface area contributed by atoms with Gasteiger partial charge in [0.2, 0.25) is 5.91 Å². The molecule has 0 spiro atoms. The molecule has 0 aliphatic rings. The zero-order valence-electron chi connectivity index (χ0n) is 13.4. The summed E-state index contributed by atoms with van der Waals surface area (Å²) in [7, 11) is -3.26. The number of sulfone groups is 1. The van der Waals surface area contributed by atoms with Crippen LogP contribution in [0.1, 0.15) is 11.1 Å². The Hall–Kier alpha value is -2.34. The molecular formula is C17H20N2O3S. The fraction of sp³-hybridized carbons (Fsp3) is 0.235. The first kappa shape index (κ1) is 17.0. The van der Waals surface area contributed by atoms with Gasteiger partial charge in [-0.25, -0.2) is 8.42 Å². The molecule has 0 aromatic heterocycles. The maximum atomic E-state index is 12.0. The van der Waals surface area contributed by atoms with Crippen LogP contribution < -0.4 is 10.6 Å². The van der Waals surface area contributed by atoms with Crippen LogP contribution >= 0.6 is 0 Å². The summed E-state index contributed by atoms with van der Waals surface area (Å²) in [4.78, 5) is 12.2. The van der Waals surface area contributed by atoms with Gasteiger partial charge in [-0.15, -0.1) is 0 Å². The van der Waals surface area contributed by atoms with Crippen molar-refractivity contribution in [1.29, 1.82) is 0 Å². The highest BCUT2D eigenvalue weighted by Crippen LogP contribution is 2.16. The standard InChI is InChI=1S/C17H20N2O3S/c1-12-7-8-15(9-13(12)2)19-17(20)11-18-14-5-4-6-16(10-14)23(3,21)22/h4-10,18H,11H2,1-3H3,(H,19,20). The van der Waals surface area contributed by atoms with E-state index in [1.54, 1.807) is 12.1 Å². The van der Waals surface area contributed by atoms with Gasteiger partial charge in [0.1, 0.15) is 0 Å². The average molecular weight is 332 g/mol. The molecule has 2 rings (SSSR count). The minimum Gasteiger partial charge on any atom is -0.376 e. The molecule has 122 valence electrons. The van der Waals surface area contributed by atoms with Gasteiger partial charge in [-0.2, -0.15) is 0 Å². The second kappa shape index (κ2) is 6.83. The molecule has 23 heavy (non-hydrogen) atoms. The van der Waals surface area contributed by atoms with Crippen LogP contribution in [0.15, 0.2) is 47.4 Å². The monoisotopic (exact) mass is 332 g/mol. The van der Waals surface area contributed by atoms with E-state index in [2.05, 4.69) is 10.6 Å². The number of hydrogen-bond acceptors (Lipinski definition) is 4. The minimum atomic E-state index is -3.26. The van der Waals surface area contributed by atoms with Gasteiger partial charge < -0.3 is 10.6 Å². The largest absolute Gasteiger partial charge is 0.376 e. The van der Waals surface area contributed by atoms with Crippen LogP contribution in [-0.4, -0.2) is 27.1 Å². The summed E-state index contributed by atoms with van der Waals surface area (Å²) in [6.45, 7) is 4.05. The van der Waals surface area contributed by atoms with Gasteiger partial charge in [0.15, 0.2) is 9.84 Å². The van der Waals surface area contributed by atoms with E-state index in [1.165, 1.54) is 17.7 Å². The molecule has 0 atom stereocenters. The van der Waals surface area contributed by atoms with Crippen LogP contribution in [0.3, 0.4) is 0 Å². The van der Waals surface area contributed by atoms with Gasteiger partial charge in [0.05, 0.1) is 11.4 Å². The van der Waals surface area contributed by atoms with Crippen LogP contribution in [0.25, 0.3) is 0 Å². The first-order chi connectivity index (χ1) is 10.8. The summed E-state index contributed by atoms with van der Waals surface area (Å²) in [6.07, 6.45) is 1.15. The predicted octanol–water partition coefficient (Wildman–Crippen LogP) is 2.76. The van der Waals surface area contributed by atoms with Crippen LogP contribution in [0.4, 0.5) is 11.4 Å². The smallest absolute Gasteiger partial charge is 0.243 e. The maximum absolute atomic E-state index is 12.0. The Kier molecular flexibility index (Phi) is 5.05. The molecule has 0 heterocycles. The fourth-order valence-electron chi connectivity index (χ4n) is 2.04. The number of anilines is 2. The highest BCUT2D eigenvalue weighted by molar-refractivity contribution is 7.90. The predicted molar refractivity (Wildman–Crippen MR) is 92.6 cm³/mol. The average Bonchev–Trinajstić information content (AvgIpc) is 2.48. The van der Waals surface area contributed by atoms with Crippen molar-refractivity contribution in [2.45, 2.75) is 18.7 Å². The molecule has 0 saturated heterocycles. The van der Waals surface area contributed by atoms with Crippen LogP contribution in [0, 0.1) is 13.8 Å². The molecule has 2 aromatic rings. The van der Waals surface area contributed by atoms with Crippen molar-refractivity contribution < 1.29 is 13.2 Å². The van der Waals surface area contributed by atoms with E-state index in [1.807, 2.05) is 32.0 Å². The zero-order valence-corrected chi connectivity index (χ0v) is 14.2. The lowest BCUT2D eigenvalue weighted by atomic mass is 10.1. The maximum Gasteiger partial charge on any atom is 0.243 e. The third-order valence-corrected chi connectivity index (χ3v) is 4.62. The number of carbonyl (C=O) groups excluding carboxylic acids is 1. The van der Waals surface area contributed by atoms with Crippen molar-refractivity contribution in [3.8, 4) is 0 Å². The molecule has 0 bridgehead atoms. The Balaban J connectivity index is 1.98. The lowest BCUT2D eigenvalue weighted by Gasteiger charge is -2.10. The molecule has 0 aliphatic carbocycles. The lowest BCUT2D eigenvalue weighted by Crippen LogP contribution is -2.21. The Bertz CT molecular complexity index is 829. The van der Waals surface area contributed by atoms with Gasteiger partial charge >= 0.3 is 0 Å². The van der Waals surface area contributed by atoms with Crippen LogP contribution in [0.5, 0.6) is 0 Å². The summed E-state index contributed by atoms with van der Waals surface area (Å²) in [5.41, 5.74) is 3.60. The van der Waals surface area contributed by atoms with E-state index in [0.717, 1.165) is 17.5 Å². The molecular weight excluding hydrogens is 312 g/mol. The molecule has 2 aromatic carbocycles. The van der Waals surface area contributed by atoms with Gasteiger partial charge in [-0.3, -0.25) is 4.79 Å². The topological polar surface area (TPSA) is 75.3 Å². The molecule has 6 heteroatoms.